The number of amides is 1. The Balaban J connectivity index is 2.21. The largest absolute Gasteiger partial charge is 0.354 e. The fourth-order valence-electron chi connectivity index (χ4n) is 1.44. The minimum atomic E-state index is 0.0129. The molecule has 0 aliphatic rings. The fourth-order valence-corrected chi connectivity index (χ4v) is 1.44. The Labute approximate surface area is 102 Å². The van der Waals surface area contributed by atoms with Gasteiger partial charge in [0.1, 0.15) is 0 Å². The van der Waals surface area contributed by atoms with Crippen molar-refractivity contribution in [2.24, 2.45) is 5.73 Å². The summed E-state index contributed by atoms with van der Waals surface area (Å²) in [4.78, 5) is 17.6. The Morgan fingerprint density at radius 3 is 3.00 bits per heavy atom. The van der Waals surface area contributed by atoms with Gasteiger partial charge in [-0.3, -0.25) is 14.7 Å². The van der Waals surface area contributed by atoms with E-state index in [1.807, 2.05) is 30.1 Å². The van der Waals surface area contributed by atoms with E-state index in [0.717, 1.165) is 18.7 Å². The van der Waals surface area contributed by atoms with Crippen molar-refractivity contribution in [1.29, 1.82) is 0 Å². The summed E-state index contributed by atoms with van der Waals surface area (Å²) in [6.07, 6.45) is 2.63. The number of nitrogens with zero attached hydrogens (tertiary/aromatic N) is 2. The highest BCUT2D eigenvalue weighted by Gasteiger charge is 2.05. The van der Waals surface area contributed by atoms with Crippen LogP contribution in [0.3, 0.4) is 0 Å². The molecule has 0 atom stereocenters. The lowest BCUT2D eigenvalue weighted by Gasteiger charge is -2.15. The first-order chi connectivity index (χ1) is 8.22. The van der Waals surface area contributed by atoms with E-state index < -0.39 is 0 Å². The van der Waals surface area contributed by atoms with E-state index in [2.05, 4.69) is 10.3 Å². The molecule has 1 heterocycles. The molecular formula is C12H20N4O. The van der Waals surface area contributed by atoms with Crippen LogP contribution < -0.4 is 11.1 Å². The summed E-state index contributed by atoms with van der Waals surface area (Å²) >= 11 is 0. The summed E-state index contributed by atoms with van der Waals surface area (Å²) in [5, 5.41) is 2.74. The van der Waals surface area contributed by atoms with Gasteiger partial charge in [-0.2, -0.15) is 0 Å². The van der Waals surface area contributed by atoms with E-state index in [0.29, 0.717) is 19.6 Å². The summed E-state index contributed by atoms with van der Waals surface area (Å²) in [6, 6.07) is 5.85. The lowest BCUT2D eigenvalue weighted by atomic mass is 10.2. The Morgan fingerprint density at radius 2 is 2.35 bits per heavy atom. The van der Waals surface area contributed by atoms with Gasteiger partial charge in [-0.25, -0.2) is 0 Å². The number of likely N-dealkylation sites (N-methyl/N-ethyl adjacent to an activating group) is 1. The van der Waals surface area contributed by atoms with E-state index in [1.54, 1.807) is 6.20 Å². The van der Waals surface area contributed by atoms with E-state index in [1.165, 1.54) is 0 Å². The molecule has 0 radical (unpaired) electrons. The first kappa shape index (κ1) is 13.6. The topological polar surface area (TPSA) is 71.2 Å². The van der Waals surface area contributed by atoms with Crippen molar-refractivity contribution in [1.82, 2.24) is 15.2 Å². The van der Waals surface area contributed by atoms with Crippen molar-refractivity contribution in [3.8, 4) is 0 Å². The third-order valence-corrected chi connectivity index (χ3v) is 2.36. The highest BCUT2D eigenvalue weighted by atomic mass is 16.2. The zero-order valence-electron chi connectivity index (χ0n) is 10.2. The quantitative estimate of drug-likeness (QED) is 0.677. The van der Waals surface area contributed by atoms with Gasteiger partial charge in [-0.15, -0.1) is 0 Å². The van der Waals surface area contributed by atoms with Crippen LogP contribution in [0.4, 0.5) is 0 Å². The van der Waals surface area contributed by atoms with Crippen LogP contribution in [0.5, 0.6) is 0 Å². The van der Waals surface area contributed by atoms with Crippen LogP contribution in [-0.4, -0.2) is 49.0 Å². The van der Waals surface area contributed by atoms with Crippen molar-refractivity contribution < 1.29 is 4.79 Å². The lowest BCUT2D eigenvalue weighted by molar-refractivity contribution is -0.121. The number of carbonyl (C=O) groups is 1. The zero-order valence-corrected chi connectivity index (χ0v) is 10.2. The number of hydrogen-bond acceptors (Lipinski definition) is 4. The molecular weight excluding hydrogens is 216 g/mol. The van der Waals surface area contributed by atoms with Gasteiger partial charge in [-0.1, -0.05) is 6.07 Å². The molecule has 0 aliphatic carbocycles. The number of aromatic nitrogens is 1. The average molecular weight is 236 g/mol. The molecule has 0 fully saturated rings. The molecule has 1 rings (SSSR count). The number of nitrogens with two attached hydrogens (primary N) is 1. The summed E-state index contributed by atoms with van der Waals surface area (Å²) in [7, 11) is 1.92. The minimum absolute atomic E-state index is 0.0129. The van der Waals surface area contributed by atoms with Crippen molar-refractivity contribution in [2.45, 2.75) is 6.42 Å². The smallest absolute Gasteiger partial charge is 0.234 e. The van der Waals surface area contributed by atoms with Crippen LogP contribution in [0.25, 0.3) is 0 Å². The molecule has 3 N–H and O–H groups in total. The molecule has 17 heavy (non-hydrogen) atoms. The van der Waals surface area contributed by atoms with Crippen molar-refractivity contribution in [3.05, 3.63) is 30.1 Å². The maximum absolute atomic E-state index is 11.4. The number of hydrogen-bond donors (Lipinski definition) is 2. The van der Waals surface area contributed by atoms with Gasteiger partial charge in [0.25, 0.3) is 0 Å². The molecule has 1 aromatic heterocycles. The molecule has 0 unspecified atom stereocenters. The van der Waals surface area contributed by atoms with Gasteiger partial charge < -0.3 is 11.1 Å². The van der Waals surface area contributed by atoms with Crippen LogP contribution in [-0.2, 0) is 11.2 Å². The van der Waals surface area contributed by atoms with Crippen LogP contribution in [0, 0.1) is 0 Å². The number of pyridine rings is 1. The second-order valence-corrected chi connectivity index (χ2v) is 3.95. The zero-order chi connectivity index (χ0) is 12.5. The molecule has 5 nitrogen and oxygen atoms in total. The minimum Gasteiger partial charge on any atom is -0.354 e. The fraction of sp³-hybridized carbons (Fsp3) is 0.500. The molecule has 0 bridgehead atoms. The molecule has 1 amide bonds. The monoisotopic (exact) mass is 236 g/mol. The van der Waals surface area contributed by atoms with Gasteiger partial charge in [-0.05, 0) is 19.2 Å². The van der Waals surface area contributed by atoms with E-state index in [-0.39, 0.29) is 5.91 Å². The van der Waals surface area contributed by atoms with Gasteiger partial charge in [0.05, 0.1) is 6.54 Å². The second kappa shape index (κ2) is 7.76. The molecule has 0 aromatic carbocycles. The van der Waals surface area contributed by atoms with Crippen molar-refractivity contribution in [3.63, 3.8) is 0 Å². The van der Waals surface area contributed by atoms with Crippen LogP contribution in [0.2, 0.25) is 0 Å². The molecule has 5 heteroatoms. The Kier molecular flexibility index (Phi) is 6.21. The second-order valence-electron chi connectivity index (χ2n) is 3.95. The predicted octanol–water partition coefficient (Wildman–Crippen LogP) is -0.369. The highest BCUT2D eigenvalue weighted by molar-refractivity contribution is 5.77. The standard InChI is InChI=1S/C12H20N4O/c1-16(10-12(17)15-8-6-13)9-5-11-4-2-3-7-14-11/h2-4,7H,5-6,8-10,13H2,1H3,(H,15,17). The average Bonchev–Trinajstić information content (AvgIpc) is 2.35. The summed E-state index contributed by atoms with van der Waals surface area (Å²) in [5.74, 6) is 0.0129. The molecule has 0 saturated heterocycles. The van der Waals surface area contributed by atoms with Gasteiger partial charge in [0.15, 0.2) is 0 Å². The Hall–Kier alpha value is -1.46. The third kappa shape index (κ3) is 5.99. The molecule has 0 spiro atoms. The third-order valence-electron chi connectivity index (χ3n) is 2.36. The van der Waals surface area contributed by atoms with Gasteiger partial charge in [0, 0.05) is 37.9 Å². The Morgan fingerprint density at radius 1 is 1.53 bits per heavy atom. The Bertz CT molecular complexity index is 329. The van der Waals surface area contributed by atoms with E-state index in [4.69, 9.17) is 5.73 Å². The first-order valence-corrected chi connectivity index (χ1v) is 5.77. The van der Waals surface area contributed by atoms with E-state index in [9.17, 15) is 4.79 Å². The molecule has 0 aliphatic heterocycles. The summed E-state index contributed by atoms with van der Waals surface area (Å²) < 4.78 is 0. The molecule has 94 valence electrons. The molecule has 0 saturated carbocycles. The highest BCUT2D eigenvalue weighted by Crippen LogP contribution is 1.96. The van der Waals surface area contributed by atoms with Crippen molar-refractivity contribution >= 4 is 5.91 Å². The maximum Gasteiger partial charge on any atom is 0.234 e. The summed E-state index contributed by atoms with van der Waals surface area (Å²) in [6.45, 7) is 2.22. The number of rotatable bonds is 7. The normalized spacial score (nSPS) is 10.5. The van der Waals surface area contributed by atoms with E-state index >= 15 is 0 Å². The SMILES string of the molecule is CN(CCc1ccccn1)CC(=O)NCCN. The number of nitrogens with one attached hydrogen (secondary N) is 1. The lowest BCUT2D eigenvalue weighted by Crippen LogP contribution is -2.38. The van der Waals surface area contributed by atoms with Crippen LogP contribution >= 0.6 is 0 Å². The number of carbonyl (C=O) groups excluding carboxylic acids is 1. The van der Waals surface area contributed by atoms with Gasteiger partial charge in [0.2, 0.25) is 5.91 Å². The maximum atomic E-state index is 11.4. The predicted molar refractivity (Wildman–Crippen MR) is 67.5 cm³/mol. The van der Waals surface area contributed by atoms with Crippen LogP contribution in [0.1, 0.15) is 5.69 Å². The van der Waals surface area contributed by atoms with Crippen LogP contribution in [0.15, 0.2) is 24.4 Å². The van der Waals surface area contributed by atoms with Gasteiger partial charge >= 0.3 is 0 Å². The van der Waals surface area contributed by atoms with Crippen molar-refractivity contribution in [2.75, 3.05) is 33.2 Å². The molecule has 1 aromatic rings. The first-order valence-electron chi connectivity index (χ1n) is 5.77. The summed E-state index contributed by atoms with van der Waals surface area (Å²) in [5.41, 5.74) is 6.35.